The Hall–Kier alpha value is -3.55. The molecule has 0 saturated carbocycles. The zero-order chi connectivity index (χ0) is 24.4. The fourth-order valence-electron chi connectivity index (χ4n) is 4.59. The van der Waals surface area contributed by atoms with Crippen LogP contribution in [0.15, 0.2) is 42.5 Å². The number of nitrogens with one attached hydrogen (secondary N) is 1. The van der Waals surface area contributed by atoms with Gasteiger partial charge < -0.3 is 24.3 Å². The van der Waals surface area contributed by atoms with Crippen LogP contribution in [0.2, 0.25) is 0 Å². The number of rotatable bonds is 8. The van der Waals surface area contributed by atoms with Gasteiger partial charge in [-0.05, 0) is 36.6 Å². The van der Waals surface area contributed by atoms with E-state index in [1.54, 1.807) is 37.3 Å². The van der Waals surface area contributed by atoms with Gasteiger partial charge in [0.25, 0.3) is 0 Å². The highest BCUT2D eigenvalue weighted by Gasteiger charge is 2.37. The van der Waals surface area contributed by atoms with E-state index in [0.29, 0.717) is 29.6 Å². The predicted molar refractivity (Wildman–Crippen MR) is 131 cm³/mol. The van der Waals surface area contributed by atoms with Crippen molar-refractivity contribution in [3.63, 3.8) is 0 Å². The first-order chi connectivity index (χ1) is 16.3. The van der Waals surface area contributed by atoms with E-state index >= 15 is 0 Å². The molecule has 1 aromatic heterocycles. The number of hydrogen-bond donors (Lipinski definition) is 1. The summed E-state index contributed by atoms with van der Waals surface area (Å²) in [5, 5.41) is 3.20. The van der Waals surface area contributed by atoms with Crippen molar-refractivity contribution in [2.24, 2.45) is 18.9 Å². The minimum absolute atomic E-state index is 0.105. The molecule has 1 N–H and O–H groups in total. The number of aryl methyl sites for hydroxylation is 1. The summed E-state index contributed by atoms with van der Waals surface area (Å²) in [7, 11) is 5.10. The van der Waals surface area contributed by atoms with Gasteiger partial charge in [0.05, 0.1) is 42.9 Å². The lowest BCUT2D eigenvalue weighted by Gasteiger charge is -2.23. The number of carbonyl (C=O) groups excluding carboxylic acids is 2. The van der Waals surface area contributed by atoms with E-state index in [1.807, 2.05) is 35.9 Å². The van der Waals surface area contributed by atoms with Crippen molar-refractivity contribution in [1.82, 2.24) is 14.9 Å². The normalized spacial score (nSPS) is 16.8. The number of aromatic nitrogens is 2. The highest BCUT2D eigenvalue weighted by Crippen LogP contribution is 2.36. The first kappa shape index (κ1) is 23.6. The number of ether oxygens (including phenoxy) is 2. The Kier molecular flexibility index (Phi) is 6.77. The lowest BCUT2D eigenvalue weighted by Crippen LogP contribution is -2.37. The molecule has 180 valence electrons. The second-order valence-corrected chi connectivity index (χ2v) is 9.15. The van der Waals surface area contributed by atoms with Crippen LogP contribution in [0.1, 0.15) is 38.6 Å². The summed E-state index contributed by atoms with van der Waals surface area (Å²) in [4.78, 5) is 32.6. The van der Waals surface area contributed by atoms with Crippen LogP contribution in [-0.4, -0.2) is 42.1 Å². The van der Waals surface area contributed by atoms with Crippen molar-refractivity contribution in [2.45, 2.75) is 32.7 Å². The zero-order valence-electron chi connectivity index (χ0n) is 20.4. The van der Waals surface area contributed by atoms with E-state index in [1.165, 1.54) is 0 Å². The van der Waals surface area contributed by atoms with Crippen molar-refractivity contribution in [1.29, 1.82) is 0 Å². The molecular formula is C26H32N4O4. The zero-order valence-corrected chi connectivity index (χ0v) is 20.4. The third kappa shape index (κ3) is 4.58. The molecule has 2 atom stereocenters. The molecule has 0 spiro atoms. The van der Waals surface area contributed by atoms with Crippen LogP contribution in [0, 0.1) is 11.8 Å². The second kappa shape index (κ2) is 9.75. The Balaban J connectivity index is 1.55. The predicted octanol–water partition coefficient (Wildman–Crippen LogP) is 3.85. The molecule has 0 unspecified atom stereocenters. The number of benzene rings is 2. The number of hydrogen-bond acceptors (Lipinski definition) is 5. The molecule has 0 bridgehead atoms. The molecule has 2 aromatic carbocycles. The summed E-state index contributed by atoms with van der Waals surface area (Å²) < 4.78 is 12.8. The molecule has 4 rings (SSSR count). The van der Waals surface area contributed by atoms with Crippen LogP contribution in [0.3, 0.4) is 0 Å². The highest BCUT2D eigenvalue weighted by molar-refractivity contribution is 6.01. The van der Waals surface area contributed by atoms with Crippen molar-refractivity contribution in [2.75, 3.05) is 25.7 Å². The number of methoxy groups -OCH3 is 2. The third-order valence-corrected chi connectivity index (χ3v) is 6.33. The van der Waals surface area contributed by atoms with Crippen molar-refractivity contribution in [3.8, 4) is 11.5 Å². The molecule has 2 heterocycles. The number of imidazole rings is 1. The van der Waals surface area contributed by atoms with E-state index in [0.717, 1.165) is 23.3 Å². The topological polar surface area (TPSA) is 85.7 Å². The van der Waals surface area contributed by atoms with E-state index in [9.17, 15) is 9.59 Å². The Bertz CT molecular complexity index is 1200. The molecular weight excluding hydrogens is 432 g/mol. The van der Waals surface area contributed by atoms with Gasteiger partial charge in [0, 0.05) is 26.1 Å². The molecule has 3 aromatic rings. The summed E-state index contributed by atoms with van der Waals surface area (Å²) in [5.74, 6) is 1.65. The maximum absolute atomic E-state index is 13.3. The number of carbonyl (C=O) groups is 2. The van der Waals surface area contributed by atoms with Gasteiger partial charge in [-0.2, -0.15) is 0 Å². The second-order valence-electron chi connectivity index (χ2n) is 9.15. The molecule has 0 radical (unpaired) electrons. The summed E-state index contributed by atoms with van der Waals surface area (Å²) >= 11 is 0. The fraction of sp³-hybridized carbons (Fsp3) is 0.423. The average molecular weight is 465 g/mol. The number of anilines is 1. The average Bonchev–Trinajstić information content (AvgIpc) is 3.38. The van der Waals surface area contributed by atoms with Crippen LogP contribution < -0.4 is 19.7 Å². The minimum Gasteiger partial charge on any atom is -0.497 e. The van der Waals surface area contributed by atoms with Crippen LogP contribution in [0.25, 0.3) is 11.0 Å². The lowest BCUT2D eigenvalue weighted by molar-refractivity contribution is -0.127. The van der Waals surface area contributed by atoms with Crippen LogP contribution >= 0.6 is 0 Å². The summed E-state index contributed by atoms with van der Waals surface area (Å²) in [6.07, 6.45) is 0.900. The van der Waals surface area contributed by atoms with Gasteiger partial charge in [-0.1, -0.05) is 26.0 Å². The molecule has 8 heteroatoms. The van der Waals surface area contributed by atoms with Gasteiger partial charge in [-0.3, -0.25) is 9.59 Å². The molecule has 1 fully saturated rings. The smallest absolute Gasteiger partial charge is 0.227 e. The Morgan fingerprint density at radius 1 is 1.18 bits per heavy atom. The standard InChI is InChI=1S/C26H32N4O4/c1-16(2)12-20(25-27-19-8-6-7-9-21(19)29(25)3)28-26(32)17-13-24(31)30(15-17)22-11-10-18(33-4)14-23(22)34-5/h6-11,14,16-17,20H,12-13,15H2,1-5H3,(H,28,32)/t17-,20+/m0/s1. The third-order valence-electron chi connectivity index (χ3n) is 6.33. The molecule has 2 amide bonds. The minimum atomic E-state index is -0.455. The number of fused-ring (bicyclic) bond motifs is 1. The quantitative estimate of drug-likeness (QED) is 0.547. The van der Waals surface area contributed by atoms with Gasteiger partial charge in [0.15, 0.2) is 0 Å². The first-order valence-corrected chi connectivity index (χ1v) is 11.6. The summed E-state index contributed by atoms with van der Waals surface area (Å²) in [5.41, 5.74) is 2.56. The Morgan fingerprint density at radius 3 is 2.62 bits per heavy atom. The molecule has 1 aliphatic heterocycles. The molecule has 34 heavy (non-hydrogen) atoms. The Morgan fingerprint density at radius 2 is 1.94 bits per heavy atom. The Labute approximate surface area is 199 Å². The number of amides is 2. The van der Waals surface area contributed by atoms with Crippen LogP contribution in [0.5, 0.6) is 11.5 Å². The SMILES string of the molecule is COc1ccc(N2C[C@@H](C(=O)N[C@H](CC(C)C)c3nc4ccccc4n3C)CC2=O)c(OC)c1. The largest absolute Gasteiger partial charge is 0.497 e. The number of nitrogens with zero attached hydrogens (tertiary/aromatic N) is 3. The van der Waals surface area contributed by atoms with Crippen molar-refractivity contribution in [3.05, 3.63) is 48.3 Å². The molecule has 0 aliphatic carbocycles. The maximum atomic E-state index is 13.3. The van der Waals surface area contributed by atoms with Crippen molar-refractivity contribution >= 4 is 28.5 Å². The fourth-order valence-corrected chi connectivity index (χ4v) is 4.59. The molecule has 1 saturated heterocycles. The first-order valence-electron chi connectivity index (χ1n) is 11.6. The van der Waals surface area contributed by atoms with Gasteiger partial charge in [0.2, 0.25) is 11.8 Å². The van der Waals surface area contributed by atoms with Gasteiger partial charge in [-0.25, -0.2) is 4.98 Å². The van der Waals surface area contributed by atoms with E-state index in [-0.39, 0.29) is 24.3 Å². The van der Waals surface area contributed by atoms with Gasteiger partial charge in [-0.15, -0.1) is 0 Å². The molecule has 1 aliphatic rings. The monoisotopic (exact) mass is 464 g/mol. The maximum Gasteiger partial charge on any atom is 0.227 e. The lowest BCUT2D eigenvalue weighted by atomic mass is 10.0. The molecule has 8 nitrogen and oxygen atoms in total. The summed E-state index contributed by atoms with van der Waals surface area (Å²) in [6, 6.07) is 13.0. The highest BCUT2D eigenvalue weighted by atomic mass is 16.5. The van der Waals surface area contributed by atoms with E-state index < -0.39 is 5.92 Å². The van der Waals surface area contributed by atoms with Crippen LogP contribution in [0.4, 0.5) is 5.69 Å². The van der Waals surface area contributed by atoms with Gasteiger partial charge >= 0.3 is 0 Å². The van der Waals surface area contributed by atoms with Gasteiger partial charge in [0.1, 0.15) is 17.3 Å². The van der Waals surface area contributed by atoms with Crippen LogP contribution in [-0.2, 0) is 16.6 Å². The van der Waals surface area contributed by atoms with Crippen molar-refractivity contribution < 1.29 is 19.1 Å². The van der Waals surface area contributed by atoms with E-state index in [2.05, 4.69) is 19.2 Å². The summed E-state index contributed by atoms with van der Waals surface area (Å²) in [6.45, 7) is 4.54. The van der Waals surface area contributed by atoms with E-state index in [4.69, 9.17) is 14.5 Å². The number of para-hydroxylation sites is 2.